The molecule has 4 rings (SSSR count). The molecule has 0 aromatic heterocycles. The van der Waals surface area contributed by atoms with E-state index >= 15 is 0 Å². The SMILES string of the molecule is COc1cc([C@H]2C(C#N)=C(SCc3ccccc3)N=C3CC(C)(C)CC(=O)C32)cc(OC)c1OC. The maximum atomic E-state index is 13.5. The first-order valence-electron chi connectivity index (χ1n) is 11.5. The van der Waals surface area contributed by atoms with Crippen LogP contribution in [-0.2, 0) is 10.5 Å². The maximum absolute atomic E-state index is 13.5. The lowest BCUT2D eigenvalue weighted by Crippen LogP contribution is -2.42. The molecular formula is C28H30N2O4S. The summed E-state index contributed by atoms with van der Waals surface area (Å²) in [7, 11) is 4.67. The van der Waals surface area contributed by atoms with Crippen molar-refractivity contribution in [3.63, 3.8) is 0 Å². The number of hydrogen-bond donors (Lipinski definition) is 0. The van der Waals surface area contributed by atoms with Crippen LogP contribution in [0.2, 0.25) is 0 Å². The van der Waals surface area contributed by atoms with Crippen LogP contribution in [0.15, 0.2) is 58.1 Å². The van der Waals surface area contributed by atoms with Crippen LogP contribution in [-0.4, -0.2) is 32.8 Å². The van der Waals surface area contributed by atoms with Gasteiger partial charge in [-0.1, -0.05) is 44.2 Å². The highest BCUT2D eigenvalue weighted by Crippen LogP contribution is 2.51. The van der Waals surface area contributed by atoms with Crippen LogP contribution in [0, 0.1) is 22.7 Å². The summed E-state index contributed by atoms with van der Waals surface area (Å²) in [5.74, 6) is 1.29. The minimum atomic E-state index is -0.485. The van der Waals surface area contributed by atoms with Gasteiger partial charge in [-0.25, -0.2) is 4.99 Å². The smallest absolute Gasteiger partial charge is 0.203 e. The third kappa shape index (κ3) is 4.94. The standard InChI is InChI=1S/C28H30N2O4S/c1-28(2)13-20-25(21(31)14-28)24(18-11-22(32-3)26(34-5)23(12-18)33-4)19(15-29)27(30-20)35-16-17-9-7-6-8-10-17/h6-12,24-25H,13-14,16H2,1-5H3/t24-,25?/m0/s1. The number of methoxy groups -OCH3 is 3. The summed E-state index contributed by atoms with van der Waals surface area (Å²) >= 11 is 1.54. The Kier molecular flexibility index (Phi) is 7.23. The van der Waals surface area contributed by atoms with Gasteiger partial charge in [0.05, 0.1) is 38.9 Å². The number of nitrogens with zero attached hydrogens (tertiary/aromatic N) is 2. The number of aliphatic imine (C=N–C) groups is 1. The molecule has 7 heteroatoms. The number of carbonyl (C=O) groups is 1. The quantitative estimate of drug-likeness (QED) is 0.479. The second-order valence-electron chi connectivity index (χ2n) is 9.61. The van der Waals surface area contributed by atoms with Gasteiger partial charge in [0.2, 0.25) is 5.75 Å². The van der Waals surface area contributed by atoms with E-state index in [0.717, 1.165) is 16.8 Å². The van der Waals surface area contributed by atoms with E-state index < -0.39 is 11.8 Å². The topological polar surface area (TPSA) is 80.9 Å². The van der Waals surface area contributed by atoms with Gasteiger partial charge in [-0.05, 0) is 35.1 Å². The zero-order valence-corrected chi connectivity index (χ0v) is 21.6. The van der Waals surface area contributed by atoms with E-state index in [4.69, 9.17) is 19.2 Å². The van der Waals surface area contributed by atoms with Gasteiger partial charge in [0.15, 0.2) is 11.5 Å². The number of nitriles is 1. The fourth-order valence-electron chi connectivity index (χ4n) is 5.00. The number of carbonyl (C=O) groups excluding carboxylic acids is 1. The molecule has 2 aromatic carbocycles. The number of thioether (sulfide) groups is 1. The third-order valence-corrected chi connectivity index (χ3v) is 7.59. The Hall–Kier alpha value is -3.24. The summed E-state index contributed by atoms with van der Waals surface area (Å²) < 4.78 is 16.7. The van der Waals surface area contributed by atoms with Crippen molar-refractivity contribution in [2.45, 2.75) is 38.4 Å². The summed E-state index contributed by atoms with van der Waals surface area (Å²) in [5.41, 5.74) is 3.10. The second-order valence-corrected chi connectivity index (χ2v) is 10.6. The molecule has 182 valence electrons. The first-order chi connectivity index (χ1) is 16.8. The van der Waals surface area contributed by atoms with Crippen LogP contribution in [0.5, 0.6) is 17.2 Å². The number of allylic oxidation sites excluding steroid dienone is 1. The van der Waals surface area contributed by atoms with Gasteiger partial charge in [0.1, 0.15) is 10.8 Å². The van der Waals surface area contributed by atoms with Gasteiger partial charge in [-0.3, -0.25) is 4.79 Å². The monoisotopic (exact) mass is 490 g/mol. The van der Waals surface area contributed by atoms with Gasteiger partial charge < -0.3 is 14.2 Å². The van der Waals surface area contributed by atoms with Crippen molar-refractivity contribution in [3.8, 4) is 23.3 Å². The van der Waals surface area contributed by atoms with E-state index in [9.17, 15) is 10.1 Å². The summed E-state index contributed by atoms with van der Waals surface area (Å²) in [6, 6.07) is 16.2. The van der Waals surface area contributed by atoms with Crippen molar-refractivity contribution in [2.75, 3.05) is 21.3 Å². The molecule has 1 unspecified atom stereocenters. The summed E-state index contributed by atoms with van der Waals surface area (Å²) in [5, 5.41) is 11.0. The van der Waals surface area contributed by atoms with Gasteiger partial charge in [0, 0.05) is 23.8 Å². The number of ketones is 1. The Balaban J connectivity index is 1.86. The van der Waals surface area contributed by atoms with Gasteiger partial charge in [0.25, 0.3) is 0 Å². The Morgan fingerprint density at radius 2 is 1.69 bits per heavy atom. The van der Waals surface area contributed by atoms with E-state index in [0.29, 0.717) is 46.4 Å². The Morgan fingerprint density at radius 3 is 2.26 bits per heavy atom. The Bertz CT molecular complexity index is 1200. The van der Waals surface area contributed by atoms with Crippen molar-refractivity contribution < 1.29 is 19.0 Å². The van der Waals surface area contributed by atoms with Crippen molar-refractivity contribution >= 4 is 23.3 Å². The highest BCUT2D eigenvalue weighted by Gasteiger charge is 2.47. The third-order valence-electron chi connectivity index (χ3n) is 6.52. The summed E-state index contributed by atoms with van der Waals surface area (Å²) in [4.78, 5) is 18.4. The molecule has 0 saturated heterocycles. The maximum Gasteiger partial charge on any atom is 0.203 e. The number of Topliss-reactive ketones (excluding diaryl/α,β-unsaturated/α-hetero) is 1. The zero-order valence-electron chi connectivity index (χ0n) is 20.8. The van der Waals surface area contributed by atoms with Crippen molar-refractivity contribution in [1.29, 1.82) is 5.26 Å². The molecule has 0 amide bonds. The highest BCUT2D eigenvalue weighted by molar-refractivity contribution is 8.02. The van der Waals surface area contributed by atoms with E-state index in [-0.39, 0.29) is 11.2 Å². The minimum Gasteiger partial charge on any atom is -0.493 e. The van der Waals surface area contributed by atoms with Gasteiger partial charge >= 0.3 is 0 Å². The minimum absolute atomic E-state index is 0.110. The lowest BCUT2D eigenvalue weighted by Gasteiger charge is -2.40. The molecule has 2 atom stereocenters. The molecule has 0 N–H and O–H groups in total. The molecule has 1 aliphatic heterocycles. The van der Waals surface area contributed by atoms with Crippen molar-refractivity contribution in [2.24, 2.45) is 16.3 Å². The molecule has 6 nitrogen and oxygen atoms in total. The first kappa shape index (κ1) is 24.9. The van der Waals surface area contributed by atoms with E-state index in [1.807, 2.05) is 30.3 Å². The molecule has 0 radical (unpaired) electrons. The van der Waals surface area contributed by atoms with Crippen molar-refractivity contribution in [3.05, 3.63) is 64.2 Å². The molecule has 0 bridgehead atoms. The molecular weight excluding hydrogens is 460 g/mol. The lowest BCUT2D eigenvalue weighted by atomic mass is 9.64. The van der Waals surface area contributed by atoms with Gasteiger partial charge in [-0.15, -0.1) is 11.8 Å². The fraction of sp³-hybridized carbons (Fsp3) is 0.393. The van der Waals surface area contributed by atoms with E-state index in [1.165, 1.54) is 11.8 Å². The number of hydrogen-bond acceptors (Lipinski definition) is 7. The van der Waals surface area contributed by atoms with Crippen LogP contribution in [0.4, 0.5) is 0 Å². The number of benzene rings is 2. The molecule has 1 fully saturated rings. The molecule has 0 spiro atoms. The Morgan fingerprint density at radius 1 is 1.03 bits per heavy atom. The average Bonchev–Trinajstić information content (AvgIpc) is 2.85. The van der Waals surface area contributed by atoms with E-state index in [2.05, 4.69) is 32.0 Å². The normalized spacial score (nSPS) is 21.0. The predicted octanol–water partition coefficient (Wildman–Crippen LogP) is 5.92. The van der Waals surface area contributed by atoms with Crippen LogP contribution in [0.3, 0.4) is 0 Å². The summed E-state index contributed by atoms with van der Waals surface area (Å²) in [6.07, 6.45) is 1.15. The number of ether oxygens (including phenoxy) is 3. The van der Waals surface area contributed by atoms with Gasteiger partial charge in [-0.2, -0.15) is 5.26 Å². The van der Waals surface area contributed by atoms with Crippen LogP contribution in [0.1, 0.15) is 43.7 Å². The fourth-order valence-corrected chi connectivity index (χ4v) is 6.01. The van der Waals surface area contributed by atoms with Crippen LogP contribution >= 0.6 is 11.8 Å². The largest absolute Gasteiger partial charge is 0.493 e. The second kappa shape index (κ2) is 10.2. The number of rotatable bonds is 7. The number of fused-ring (bicyclic) bond motifs is 1. The molecule has 1 aliphatic carbocycles. The average molecular weight is 491 g/mol. The Labute approximate surface area is 211 Å². The van der Waals surface area contributed by atoms with Crippen LogP contribution in [0.25, 0.3) is 0 Å². The molecule has 35 heavy (non-hydrogen) atoms. The summed E-state index contributed by atoms with van der Waals surface area (Å²) in [6.45, 7) is 4.19. The molecule has 2 aromatic rings. The zero-order chi connectivity index (χ0) is 25.2. The highest BCUT2D eigenvalue weighted by atomic mass is 32.2. The van der Waals surface area contributed by atoms with Crippen molar-refractivity contribution in [1.82, 2.24) is 0 Å². The molecule has 1 heterocycles. The lowest BCUT2D eigenvalue weighted by molar-refractivity contribution is -0.124. The molecule has 1 saturated carbocycles. The predicted molar refractivity (Wildman–Crippen MR) is 138 cm³/mol. The van der Waals surface area contributed by atoms with E-state index in [1.54, 1.807) is 21.3 Å². The molecule has 2 aliphatic rings. The first-order valence-corrected chi connectivity index (χ1v) is 12.5. The van der Waals surface area contributed by atoms with Crippen LogP contribution < -0.4 is 14.2 Å².